The van der Waals surface area contributed by atoms with Crippen molar-refractivity contribution in [1.82, 2.24) is 15.4 Å². The van der Waals surface area contributed by atoms with Crippen molar-refractivity contribution in [2.75, 3.05) is 26.2 Å². The Morgan fingerprint density at radius 2 is 2.12 bits per heavy atom. The van der Waals surface area contributed by atoms with Crippen molar-refractivity contribution in [2.24, 2.45) is 0 Å². The lowest BCUT2D eigenvalue weighted by Crippen LogP contribution is -2.46. The number of hydrogen-bond acceptors (Lipinski definition) is 4. The smallest absolute Gasteiger partial charge is 0.222 e. The Bertz CT molecular complexity index is 375. The van der Waals surface area contributed by atoms with E-state index in [4.69, 9.17) is 4.52 Å². The molecule has 2 rings (SSSR count). The highest BCUT2D eigenvalue weighted by Crippen LogP contribution is 2.15. The van der Waals surface area contributed by atoms with E-state index in [9.17, 15) is 4.79 Å². The lowest BCUT2D eigenvalue weighted by molar-refractivity contribution is -0.131. The maximum absolute atomic E-state index is 12.0. The second-order valence-corrected chi connectivity index (χ2v) is 4.43. The van der Waals surface area contributed by atoms with Crippen LogP contribution in [0, 0.1) is 13.8 Å². The normalized spacial score (nSPS) is 16.2. The van der Waals surface area contributed by atoms with Crippen LogP contribution >= 0.6 is 0 Å². The summed E-state index contributed by atoms with van der Waals surface area (Å²) >= 11 is 0. The molecule has 0 bridgehead atoms. The van der Waals surface area contributed by atoms with Crippen LogP contribution in [0.4, 0.5) is 0 Å². The molecular weight excluding hydrogens is 218 g/mol. The van der Waals surface area contributed by atoms with Crippen LogP contribution in [0.1, 0.15) is 23.4 Å². The Balaban J connectivity index is 1.87. The van der Waals surface area contributed by atoms with Crippen molar-refractivity contribution in [3.8, 4) is 0 Å². The molecule has 1 aromatic rings. The van der Waals surface area contributed by atoms with E-state index in [0.717, 1.165) is 49.6 Å². The molecule has 1 fully saturated rings. The van der Waals surface area contributed by atoms with Crippen molar-refractivity contribution in [1.29, 1.82) is 0 Å². The third-order valence-electron chi connectivity index (χ3n) is 3.24. The van der Waals surface area contributed by atoms with Crippen LogP contribution in [0.5, 0.6) is 0 Å². The largest absolute Gasteiger partial charge is 0.361 e. The van der Waals surface area contributed by atoms with Gasteiger partial charge in [0.1, 0.15) is 5.76 Å². The van der Waals surface area contributed by atoms with E-state index in [2.05, 4.69) is 10.5 Å². The Morgan fingerprint density at radius 1 is 1.41 bits per heavy atom. The molecule has 1 aliphatic heterocycles. The third-order valence-corrected chi connectivity index (χ3v) is 3.24. The minimum absolute atomic E-state index is 0.228. The molecule has 1 amide bonds. The van der Waals surface area contributed by atoms with Gasteiger partial charge in [-0.25, -0.2) is 0 Å². The zero-order chi connectivity index (χ0) is 12.3. The Labute approximate surface area is 101 Å². The fourth-order valence-electron chi connectivity index (χ4n) is 2.16. The van der Waals surface area contributed by atoms with E-state index in [1.54, 1.807) is 0 Å². The number of hydrogen-bond donors (Lipinski definition) is 1. The number of aromatic nitrogens is 1. The number of nitrogens with one attached hydrogen (secondary N) is 1. The molecule has 5 heteroatoms. The van der Waals surface area contributed by atoms with Crippen LogP contribution in [0.3, 0.4) is 0 Å². The van der Waals surface area contributed by atoms with Gasteiger partial charge in [0, 0.05) is 38.2 Å². The number of nitrogens with zero attached hydrogens (tertiary/aromatic N) is 2. The number of aryl methyl sites for hydroxylation is 2. The highest BCUT2D eigenvalue weighted by Gasteiger charge is 2.17. The first-order valence-electron chi connectivity index (χ1n) is 6.08. The Morgan fingerprint density at radius 3 is 2.71 bits per heavy atom. The minimum Gasteiger partial charge on any atom is -0.361 e. The Hall–Kier alpha value is -1.36. The van der Waals surface area contributed by atoms with Gasteiger partial charge >= 0.3 is 0 Å². The molecule has 5 nitrogen and oxygen atoms in total. The standard InChI is InChI=1S/C12H19N3O2/c1-9-11(10(2)17-14-9)3-4-12(16)15-7-5-13-6-8-15/h13H,3-8H2,1-2H3. The van der Waals surface area contributed by atoms with E-state index in [1.165, 1.54) is 0 Å². The van der Waals surface area contributed by atoms with Crippen LogP contribution in [-0.4, -0.2) is 42.1 Å². The number of carbonyl (C=O) groups excluding carboxylic acids is 1. The van der Waals surface area contributed by atoms with Gasteiger partial charge in [-0.05, 0) is 20.3 Å². The highest BCUT2D eigenvalue weighted by atomic mass is 16.5. The molecule has 2 heterocycles. The number of amides is 1. The second kappa shape index (κ2) is 5.31. The van der Waals surface area contributed by atoms with Gasteiger partial charge in [-0.2, -0.15) is 0 Å². The summed E-state index contributed by atoms with van der Waals surface area (Å²) in [6, 6.07) is 0. The monoisotopic (exact) mass is 237 g/mol. The molecule has 1 saturated heterocycles. The highest BCUT2D eigenvalue weighted by molar-refractivity contribution is 5.76. The van der Waals surface area contributed by atoms with Crippen molar-refractivity contribution in [3.05, 3.63) is 17.0 Å². The number of carbonyl (C=O) groups is 1. The minimum atomic E-state index is 0.228. The van der Waals surface area contributed by atoms with Gasteiger partial charge in [-0.3, -0.25) is 4.79 Å². The summed E-state index contributed by atoms with van der Waals surface area (Å²) in [5, 5.41) is 7.14. The zero-order valence-electron chi connectivity index (χ0n) is 10.5. The van der Waals surface area contributed by atoms with Crippen molar-refractivity contribution in [2.45, 2.75) is 26.7 Å². The Kier molecular flexibility index (Phi) is 3.78. The number of piperazine rings is 1. The summed E-state index contributed by atoms with van der Waals surface area (Å²) in [5.41, 5.74) is 1.98. The SMILES string of the molecule is Cc1noc(C)c1CCC(=O)N1CCNCC1. The first-order chi connectivity index (χ1) is 8.18. The molecule has 0 atom stereocenters. The van der Waals surface area contributed by atoms with Gasteiger partial charge in [0.05, 0.1) is 5.69 Å². The van der Waals surface area contributed by atoms with Crippen LogP contribution in [0.25, 0.3) is 0 Å². The molecule has 1 aromatic heterocycles. The lowest BCUT2D eigenvalue weighted by Gasteiger charge is -2.27. The van der Waals surface area contributed by atoms with Gasteiger partial charge in [0.15, 0.2) is 0 Å². The molecule has 0 aliphatic carbocycles. The van der Waals surface area contributed by atoms with Crippen LogP contribution in [-0.2, 0) is 11.2 Å². The maximum Gasteiger partial charge on any atom is 0.222 e. The average molecular weight is 237 g/mol. The average Bonchev–Trinajstić information content (AvgIpc) is 2.67. The summed E-state index contributed by atoms with van der Waals surface area (Å²) in [5.74, 6) is 1.06. The maximum atomic E-state index is 12.0. The molecule has 1 N–H and O–H groups in total. The summed E-state index contributed by atoms with van der Waals surface area (Å²) in [6.07, 6.45) is 1.27. The predicted molar refractivity (Wildman–Crippen MR) is 63.7 cm³/mol. The summed E-state index contributed by atoms with van der Waals surface area (Å²) in [7, 11) is 0. The first kappa shape index (κ1) is 12.1. The van der Waals surface area contributed by atoms with E-state index >= 15 is 0 Å². The van der Waals surface area contributed by atoms with E-state index in [-0.39, 0.29) is 5.91 Å². The molecule has 0 unspecified atom stereocenters. The van der Waals surface area contributed by atoms with Crippen LogP contribution in [0.2, 0.25) is 0 Å². The van der Waals surface area contributed by atoms with Gasteiger partial charge in [-0.1, -0.05) is 5.16 Å². The summed E-state index contributed by atoms with van der Waals surface area (Å²) in [4.78, 5) is 13.9. The fourth-order valence-corrected chi connectivity index (χ4v) is 2.16. The second-order valence-electron chi connectivity index (χ2n) is 4.43. The first-order valence-corrected chi connectivity index (χ1v) is 6.08. The lowest BCUT2D eigenvalue weighted by atomic mass is 10.1. The van der Waals surface area contributed by atoms with Gasteiger partial charge in [0.2, 0.25) is 5.91 Å². The fraction of sp³-hybridized carbons (Fsp3) is 0.667. The van der Waals surface area contributed by atoms with Crippen molar-refractivity contribution in [3.63, 3.8) is 0 Å². The van der Waals surface area contributed by atoms with Crippen molar-refractivity contribution >= 4 is 5.91 Å². The summed E-state index contributed by atoms with van der Waals surface area (Å²) < 4.78 is 5.09. The van der Waals surface area contributed by atoms with Gasteiger partial charge in [-0.15, -0.1) is 0 Å². The molecule has 0 radical (unpaired) electrons. The topological polar surface area (TPSA) is 58.4 Å². The number of rotatable bonds is 3. The van der Waals surface area contributed by atoms with E-state index in [0.29, 0.717) is 6.42 Å². The molecule has 1 aliphatic rings. The zero-order valence-corrected chi connectivity index (χ0v) is 10.5. The van der Waals surface area contributed by atoms with E-state index in [1.807, 2.05) is 18.7 Å². The molecule has 0 spiro atoms. The summed E-state index contributed by atoms with van der Waals surface area (Å²) in [6.45, 7) is 7.25. The van der Waals surface area contributed by atoms with Gasteiger partial charge < -0.3 is 14.7 Å². The van der Waals surface area contributed by atoms with Crippen molar-refractivity contribution < 1.29 is 9.32 Å². The molecular formula is C12H19N3O2. The predicted octanol–water partition coefficient (Wildman–Crippen LogP) is 0.656. The van der Waals surface area contributed by atoms with Gasteiger partial charge in [0.25, 0.3) is 0 Å². The molecule has 94 valence electrons. The molecule has 17 heavy (non-hydrogen) atoms. The quantitative estimate of drug-likeness (QED) is 0.839. The molecule has 0 aromatic carbocycles. The molecule has 0 saturated carbocycles. The van der Waals surface area contributed by atoms with Crippen LogP contribution in [0.15, 0.2) is 4.52 Å². The van der Waals surface area contributed by atoms with Crippen LogP contribution < -0.4 is 5.32 Å². The third kappa shape index (κ3) is 2.85. The van der Waals surface area contributed by atoms with E-state index < -0.39 is 0 Å².